The number of benzene rings is 2. The Morgan fingerprint density at radius 3 is 2.59 bits per heavy atom. The topological polar surface area (TPSA) is 59.4 Å². The number of aromatic nitrogens is 2. The molecule has 1 saturated heterocycles. The number of carbonyl (C=O) groups excluding carboxylic acids is 1. The minimum Gasteiger partial charge on any atom is -0.379 e. The Hall–Kier alpha value is -1.83. The number of morpholine rings is 1. The summed E-state index contributed by atoms with van der Waals surface area (Å²) in [7, 11) is 0. The lowest BCUT2D eigenvalue weighted by Gasteiger charge is -2.27. The number of hydrogen-bond acceptors (Lipinski definition) is 4. The number of halogens is 3. The zero-order valence-electron chi connectivity index (χ0n) is 19.2. The molecule has 4 rings (SSSR count). The average molecular weight is 524 g/mol. The van der Waals surface area contributed by atoms with Gasteiger partial charge in [-0.2, -0.15) is 0 Å². The van der Waals surface area contributed by atoms with Crippen molar-refractivity contribution in [2.45, 2.75) is 32.2 Å². The molecule has 1 aliphatic heterocycles. The van der Waals surface area contributed by atoms with Gasteiger partial charge >= 0.3 is 0 Å². The molecule has 1 N–H and O–H groups in total. The van der Waals surface area contributed by atoms with E-state index in [-0.39, 0.29) is 5.91 Å². The molecule has 182 valence electrons. The predicted molar refractivity (Wildman–Crippen MR) is 138 cm³/mol. The Kier molecular flexibility index (Phi) is 8.72. The predicted octanol–water partition coefficient (Wildman–Crippen LogP) is 5.38. The van der Waals surface area contributed by atoms with Gasteiger partial charge in [-0.15, -0.1) is 0 Å². The molecule has 1 unspecified atom stereocenters. The van der Waals surface area contributed by atoms with Crippen LogP contribution in [0.2, 0.25) is 15.1 Å². The Labute approximate surface area is 215 Å². The van der Waals surface area contributed by atoms with Gasteiger partial charge in [-0.1, -0.05) is 66.3 Å². The highest BCUT2D eigenvalue weighted by Gasteiger charge is 2.26. The van der Waals surface area contributed by atoms with Crippen LogP contribution in [0, 0.1) is 0 Å². The largest absolute Gasteiger partial charge is 0.379 e. The highest BCUT2D eigenvalue weighted by atomic mass is 35.5. The van der Waals surface area contributed by atoms with Crippen molar-refractivity contribution in [2.24, 2.45) is 0 Å². The van der Waals surface area contributed by atoms with Crippen LogP contribution >= 0.6 is 34.8 Å². The second-order valence-electron chi connectivity index (χ2n) is 8.47. The smallest absolute Gasteiger partial charge is 0.243 e. The van der Waals surface area contributed by atoms with Gasteiger partial charge in [-0.05, 0) is 30.2 Å². The fourth-order valence-electron chi connectivity index (χ4n) is 4.36. The number of hydrogen-bond donors (Lipinski definition) is 1. The second kappa shape index (κ2) is 11.7. The maximum absolute atomic E-state index is 13.5. The van der Waals surface area contributed by atoms with Crippen molar-refractivity contribution in [3.05, 3.63) is 62.9 Å². The van der Waals surface area contributed by atoms with Crippen LogP contribution in [0.25, 0.3) is 11.0 Å². The van der Waals surface area contributed by atoms with Gasteiger partial charge in [0.25, 0.3) is 0 Å². The number of nitrogens with one attached hydrogen (secondary N) is 1. The number of nitrogens with zero attached hydrogens (tertiary/aromatic N) is 3. The first-order chi connectivity index (χ1) is 16.5. The first-order valence-electron chi connectivity index (χ1n) is 11.6. The van der Waals surface area contributed by atoms with Gasteiger partial charge in [0.1, 0.15) is 11.9 Å². The van der Waals surface area contributed by atoms with Gasteiger partial charge in [0.2, 0.25) is 5.91 Å². The van der Waals surface area contributed by atoms with E-state index in [9.17, 15) is 4.79 Å². The van der Waals surface area contributed by atoms with Crippen LogP contribution in [-0.2, 0) is 16.0 Å². The van der Waals surface area contributed by atoms with Gasteiger partial charge in [0.15, 0.2) is 0 Å². The van der Waals surface area contributed by atoms with E-state index in [1.54, 1.807) is 12.1 Å². The van der Waals surface area contributed by atoms with E-state index in [0.717, 1.165) is 56.2 Å². The van der Waals surface area contributed by atoms with E-state index in [4.69, 9.17) is 44.5 Å². The minimum atomic E-state index is -0.422. The molecule has 1 fully saturated rings. The fraction of sp³-hybridized carbons (Fsp3) is 0.440. The lowest BCUT2D eigenvalue weighted by Crippen LogP contribution is -2.42. The molecule has 3 aromatic rings. The number of imidazole rings is 1. The lowest BCUT2D eigenvalue weighted by atomic mass is 10.1. The van der Waals surface area contributed by atoms with Gasteiger partial charge in [0, 0.05) is 37.6 Å². The number of rotatable bonds is 9. The summed E-state index contributed by atoms with van der Waals surface area (Å²) in [5.41, 5.74) is 2.44. The quantitative estimate of drug-likeness (QED) is 0.409. The third-order valence-corrected chi connectivity index (χ3v) is 7.21. The summed E-state index contributed by atoms with van der Waals surface area (Å²) in [4.78, 5) is 20.6. The highest BCUT2D eigenvalue weighted by molar-refractivity contribution is 6.42. The van der Waals surface area contributed by atoms with E-state index in [0.29, 0.717) is 40.0 Å². The summed E-state index contributed by atoms with van der Waals surface area (Å²) in [5.74, 6) is 0.726. The van der Waals surface area contributed by atoms with Crippen molar-refractivity contribution in [1.29, 1.82) is 0 Å². The fourth-order valence-corrected chi connectivity index (χ4v) is 4.87. The second-order valence-corrected chi connectivity index (χ2v) is 9.69. The molecule has 2 heterocycles. The summed E-state index contributed by atoms with van der Waals surface area (Å²) in [6.07, 6.45) is 2.00. The molecule has 6 nitrogen and oxygen atoms in total. The van der Waals surface area contributed by atoms with Crippen molar-refractivity contribution in [1.82, 2.24) is 19.8 Å². The maximum atomic E-state index is 13.5. The molecule has 34 heavy (non-hydrogen) atoms. The molecular formula is C25H29Cl3N4O2. The zero-order valence-corrected chi connectivity index (χ0v) is 21.5. The Bertz CT molecular complexity index is 1140. The number of carbonyl (C=O) groups is 1. The van der Waals surface area contributed by atoms with Gasteiger partial charge in [-0.3, -0.25) is 9.69 Å². The SMILES string of the molecule is CCCC(C(=O)NCCN1CCOCC1)n1c(Cc2ccccc2Cl)nc2cc(Cl)c(Cl)cc21. The summed E-state index contributed by atoms with van der Waals surface area (Å²) in [6, 6.07) is 10.8. The molecule has 0 aliphatic carbocycles. The molecule has 1 amide bonds. The van der Waals surface area contributed by atoms with E-state index in [1.807, 2.05) is 28.8 Å². The number of fused-ring (bicyclic) bond motifs is 1. The number of amides is 1. The molecule has 1 aromatic heterocycles. The van der Waals surface area contributed by atoms with Crippen LogP contribution in [0.5, 0.6) is 0 Å². The molecule has 9 heteroatoms. The third-order valence-electron chi connectivity index (χ3n) is 6.12. The minimum absolute atomic E-state index is 0.0270. The standard InChI is InChI=1S/C25H29Cl3N4O2/c1-2-5-22(25(33)29-8-9-31-10-12-34-13-11-31)32-23-16-20(28)19(27)15-21(23)30-24(32)14-17-6-3-4-7-18(17)26/h3-4,6-7,15-16,22H,2,5,8-14H2,1H3,(H,29,33). The molecule has 0 saturated carbocycles. The summed E-state index contributed by atoms with van der Waals surface area (Å²) in [5, 5.41) is 4.68. The lowest BCUT2D eigenvalue weighted by molar-refractivity contribution is -0.124. The normalized spacial score (nSPS) is 15.5. The van der Waals surface area contributed by atoms with E-state index in [1.165, 1.54) is 0 Å². The van der Waals surface area contributed by atoms with Crippen LogP contribution in [0.3, 0.4) is 0 Å². The summed E-state index contributed by atoms with van der Waals surface area (Å²) >= 11 is 19.1. The van der Waals surface area contributed by atoms with E-state index >= 15 is 0 Å². The Morgan fingerprint density at radius 1 is 1.12 bits per heavy atom. The molecule has 2 aromatic carbocycles. The summed E-state index contributed by atoms with van der Waals surface area (Å²) < 4.78 is 7.42. The molecule has 0 radical (unpaired) electrons. The molecule has 1 aliphatic rings. The Balaban J connectivity index is 1.65. The van der Waals surface area contributed by atoms with Gasteiger partial charge in [0.05, 0.1) is 34.3 Å². The highest BCUT2D eigenvalue weighted by Crippen LogP contribution is 2.33. The average Bonchev–Trinajstić information content (AvgIpc) is 3.16. The third kappa shape index (κ3) is 5.86. The summed E-state index contributed by atoms with van der Waals surface area (Å²) in [6.45, 7) is 6.71. The molecule has 1 atom stereocenters. The first kappa shape index (κ1) is 25.3. The van der Waals surface area contributed by atoms with E-state index < -0.39 is 6.04 Å². The van der Waals surface area contributed by atoms with Crippen LogP contribution in [0.4, 0.5) is 0 Å². The van der Waals surface area contributed by atoms with Crippen molar-refractivity contribution >= 4 is 51.7 Å². The monoisotopic (exact) mass is 522 g/mol. The molecule has 0 bridgehead atoms. The molecular weight excluding hydrogens is 495 g/mol. The van der Waals surface area contributed by atoms with Crippen LogP contribution in [0.15, 0.2) is 36.4 Å². The van der Waals surface area contributed by atoms with Crippen LogP contribution in [-0.4, -0.2) is 59.8 Å². The maximum Gasteiger partial charge on any atom is 0.243 e. The van der Waals surface area contributed by atoms with Gasteiger partial charge in [-0.25, -0.2) is 4.98 Å². The van der Waals surface area contributed by atoms with Crippen LogP contribution < -0.4 is 5.32 Å². The van der Waals surface area contributed by atoms with Crippen molar-refractivity contribution < 1.29 is 9.53 Å². The van der Waals surface area contributed by atoms with Gasteiger partial charge < -0.3 is 14.6 Å². The van der Waals surface area contributed by atoms with Crippen molar-refractivity contribution in [3.8, 4) is 0 Å². The first-order valence-corrected chi connectivity index (χ1v) is 12.8. The Morgan fingerprint density at radius 2 is 1.85 bits per heavy atom. The number of ether oxygens (including phenoxy) is 1. The van der Waals surface area contributed by atoms with Crippen molar-refractivity contribution in [3.63, 3.8) is 0 Å². The molecule has 0 spiro atoms. The zero-order chi connectivity index (χ0) is 24.1. The van der Waals surface area contributed by atoms with Crippen molar-refractivity contribution in [2.75, 3.05) is 39.4 Å². The van der Waals surface area contributed by atoms with Crippen LogP contribution in [0.1, 0.15) is 37.2 Å². The van der Waals surface area contributed by atoms with E-state index in [2.05, 4.69) is 17.1 Å².